The number of nitrogens with zero attached hydrogens (tertiary/aromatic N) is 3. The molecule has 0 saturated heterocycles. The zero-order chi connectivity index (χ0) is 21.0. The van der Waals surface area contributed by atoms with E-state index in [1.54, 1.807) is 21.7 Å². The van der Waals surface area contributed by atoms with Crippen LogP contribution in [0.4, 0.5) is 10.2 Å². The molecule has 3 aromatic rings. The molecule has 1 unspecified atom stereocenters. The van der Waals surface area contributed by atoms with E-state index in [2.05, 4.69) is 0 Å². The largest absolute Gasteiger partial charge is 0.388 e. The van der Waals surface area contributed by atoms with Gasteiger partial charge in [-0.2, -0.15) is 5.10 Å². The van der Waals surface area contributed by atoms with Crippen LogP contribution in [-0.4, -0.2) is 26.4 Å². The number of aromatic nitrogens is 2. The van der Waals surface area contributed by atoms with Crippen molar-refractivity contribution in [2.45, 2.75) is 45.4 Å². The highest BCUT2D eigenvalue weighted by Gasteiger charge is 2.42. The molecular formula is C24H24FN3O2. The monoisotopic (exact) mass is 405 g/mol. The lowest BCUT2D eigenvalue weighted by molar-refractivity contribution is 0.0165. The first kappa shape index (κ1) is 19.0. The molecule has 1 atom stereocenters. The molecule has 2 heterocycles. The smallest absolute Gasteiger partial charge is 0.260 e. The van der Waals surface area contributed by atoms with Gasteiger partial charge < -0.3 is 5.11 Å². The number of carbonyl (C=O) groups excluding carboxylic acids is 1. The number of hydrogen-bond donors (Lipinski definition) is 1. The van der Waals surface area contributed by atoms with Crippen molar-refractivity contribution in [1.29, 1.82) is 0 Å². The number of amides is 1. The van der Waals surface area contributed by atoms with Crippen molar-refractivity contribution < 1.29 is 14.3 Å². The molecule has 2 aliphatic rings. The molecule has 1 aromatic heterocycles. The first-order valence-electron chi connectivity index (χ1n) is 10.3. The van der Waals surface area contributed by atoms with Crippen molar-refractivity contribution in [1.82, 2.24) is 9.78 Å². The summed E-state index contributed by atoms with van der Waals surface area (Å²) in [7, 11) is 0. The fourth-order valence-corrected chi connectivity index (χ4v) is 4.44. The average Bonchev–Trinajstić information content (AvgIpc) is 3.48. The fraction of sp³-hybridized carbons (Fsp3) is 0.333. The minimum Gasteiger partial charge on any atom is -0.388 e. The Hall–Kier alpha value is -2.99. The summed E-state index contributed by atoms with van der Waals surface area (Å²) in [6.45, 7) is 4.54. The summed E-state index contributed by atoms with van der Waals surface area (Å²) in [4.78, 5) is 14.9. The number of anilines is 1. The number of halogens is 1. The van der Waals surface area contributed by atoms with Crippen LogP contribution in [0.1, 0.15) is 41.3 Å². The molecule has 2 aromatic carbocycles. The highest BCUT2D eigenvalue weighted by molar-refractivity contribution is 6.10. The summed E-state index contributed by atoms with van der Waals surface area (Å²) in [6.07, 6.45) is 2.00. The third kappa shape index (κ3) is 3.12. The second-order valence-electron chi connectivity index (χ2n) is 8.64. The molecule has 1 N–H and O–H groups in total. The molecule has 0 spiro atoms. The second kappa shape index (κ2) is 6.77. The highest BCUT2D eigenvalue weighted by Crippen LogP contribution is 2.42. The molecule has 30 heavy (non-hydrogen) atoms. The maximum Gasteiger partial charge on any atom is 0.260 e. The molecule has 0 bridgehead atoms. The summed E-state index contributed by atoms with van der Waals surface area (Å²) in [6, 6.07) is 13.8. The second-order valence-corrected chi connectivity index (χ2v) is 8.64. The van der Waals surface area contributed by atoms with Crippen LogP contribution in [0.5, 0.6) is 0 Å². The fourth-order valence-electron chi connectivity index (χ4n) is 4.44. The highest BCUT2D eigenvalue weighted by atomic mass is 19.1. The zero-order valence-electron chi connectivity index (χ0n) is 17.1. The summed E-state index contributed by atoms with van der Waals surface area (Å²) < 4.78 is 15.2. The van der Waals surface area contributed by atoms with E-state index in [-0.39, 0.29) is 17.6 Å². The SMILES string of the molecule is Cc1c(-c2ccc(F)cc2)nn(CC(C)(O)C2CC2)c1N1Cc2ccccc2C1=O. The van der Waals surface area contributed by atoms with Gasteiger partial charge in [0.25, 0.3) is 5.91 Å². The topological polar surface area (TPSA) is 58.4 Å². The van der Waals surface area contributed by atoms with Gasteiger partial charge in [0.15, 0.2) is 0 Å². The van der Waals surface area contributed by atoms with Crippen molar-refractivity contribution >= 4 is 11.7 Å². The molecule has 154 valence electrons. The molecule has 1 aliphatic heterocycles. The number of carbonyl (C=O) groups is 1. The number of aliphatic hydroxyl groups is 1. The van der Waals surface area contributed by atoms with Gasteiger partial charge in [0, 0.05) is 16.7 Å². The summed E-state index contributed by atoms with van der Waals surface area (Å²) >= 11 is 0. The van der Waals surface area contributed by atoms with E-state index in [9.17, 15) is 14.3 Å². The summed E-state index contributed by atoms with van der Waals surface area (Å²) in [5, 5.41) is 15.8. The summed E-state index contributed by atoms with van der Waals surface area (Å²) in [5.41, 5.74) is 3.09. The first-order valence-corrected chi connectivity index (χ1v) is 10.3. The molecular weight excluding hydrogens is 381 g/mol. The predicted octanol–water partition coefficient (Wildman–Crippen LogP) is 4.32. The van der Waals surface area contributed by atoms with Gasteiger partial charge in [-0.3, -0.25) is 9.69 Å². The minimum atomic E-state index is -0.900. The van der Waals surface area contributed by atoms with E-state index in [4.69, 9.17) is 5.10 Å². The molecule has 5 nitrogen and oxygen atoms in total. The van der Waals surface area contributed by atoms with Crippen LogP contribution < -0.4 is 4.90 Å². The molecule has 1 fully saturated rings. The minimum absolute atomic E-state index is 0.0634. The van der Waals surface area contributed by atoms with Gasteiger partial charge in [0.2, 0.25) is 0 Å². The van der Waals surface area contributed by atoms with Crippen LogP contribution >= 0.6 is 0 Å². The van der Waals surface area contributed by atoms with Crippen LogP contribution in [-0.2, 0) is 13.1 Å². The van der Waals surface area contributed by atoms with Crippen molar-refractivity contribution in [3.63, 3.8) is 0 Å². The average molecular weight is 405 g/mol. The quantitative estimate of drug-likeness (QED) is 0.688. The summed E-state index contributed by atoms with van der Waals surface area (Å²) in [5.74, 6) is 0.566. The van der Waals surface area contributed by atoms with Gasteiger partial charge in [-0.1, -0.05) is 18.2 Å². The maximum atomic E-state index is 13.4. The Kier molecular flexibility index (Phi) is 4.29. The predicted molar refractivity (Wildman–Crippen MR) is 113 cm³/mol. The van der Waals surface area contributed by atoms with Gasteiger partial charge in [-0.05, 0) is 68.5 Å². The normalized spacial score (nSPS) is 17.9. The van der Waals surface area contributed by atoms with Crippen molar-refractivity contribution in [3.05, 3.63) is 71.0 Å². The Labute approximate surface area is 174 Å². The first-order chi connectivity index (χ1) is 14.3. The van der Waals surface area contributed by atoms with E-state index in [1.807, 2.05) is 38.1 Å². The Bertz CT molecular complexity index is 1130. The Morgan fingerprint density at radius 1 is 1.17 bits per heavy atom. The van der Waals surface area contributed by atoms with Crippen LogP contribution in [0.25, 0.3) is 11.3 Å². The molecule has 1 aliphatic carbocycles. The van der Waals surface area contributed by atoms with Crippen LogP contribution in [0.3, 0.4) is 0 Å². The van der Waals surface area contributed by atoms with E-state index in [0.29, 0.717) is 30.2 Å². The lowest BCUT2D eigenvalue weighted by Crippen LogP contribution is -2.35. The third-order valence-corrected chi connectivity index (χ3v) is 6.28. The lowest BCUT2D eigenvalue weighted by atomic mass is 10.0. The van der Waals surface area contributed by atoms with E-state index in [1.165, 1.54) is 12.1 Å². The van der Waals surface area contributed by atoms with E-state index in [0.717, 1.165) is 29.5 Å². The van der Waals surface area contributed by atoms with E-state index >= 15 is 0 Å². The van der Waals surface area contributed by atoms with Gasteiger partial charge >= 0.3 is 0 Å². The van der Waals surface area contributed by atoms with Crippen LogP contribution in [0.2, 0.25) is 0 Å². The number of rotatable bonds is 5. The number of fused-ring (bicyclic) bond motifs is 1. The lowest BCUT2D eigenvalue weighted by Gasteiger charge is -2.26. The number of benzene rings is 2. The van der Waals surface area contributed by atoms with Gasteiger partial charge in [-0.25, -0.2) is 9.07 Å². The Morgan fingerprint density at radius 2 is 1.87 bits per heavy atom. The molecule has 5 rings (SSSR count). The Balaban J connectivity index is 1.61. The van der Waals surface area contributed by atoms with Crippen LogP contribution in [0, 0.1) is 18.7 Å². The van der Waals surface area contributed by atoms with Crippen molar-refractivity contribution in [2.24, 2.45) is 5.92 Å². The van der Waals surface area contributed by atoms with Gasteiger partial charge in [-0.15, -0.1) is 0 Å². The zero-order valence-corrected chi connectivity index (χ0v) is 17.1. The molecule has 1 saturated carbocycles. The maximum absolute atomic E-state index is 13.4. The standard InChI is InChI=1S/C24H24FN3O2/c1-15-21(16-7-11-19(25)12-8-16)26-28(14-24(2,30)18-9-10-18)22(15)27-13-17-5-3-4-6-20(17)23(27)29/h3-8,11-12,18,30H,9-10,13-14H2,1-2H3. The van der Waals surface area contributed by atoms with Crippen molar-refractivity contribution in [3.8, 4) is 11.3 Å². The van der Waals surface area contributed by atoms with Crippen LogP contribution in [0.15, 0.2) is 48.5 Å². The Morgan fingerprint density at radius 3 is 2.53 bits per heavy atom. The number of hydrogen-bond acceptors (Lipinski definition) is 3. The van der Waals surface area contributed by atoms with Gasteiger partial charge in [0.05, 0.1) is 24.4 Å². The molecule has 1 amide bonds. The van der Waals surface area contributed by atoms with Gasteiger partial charge in [0.1, 0.15) is 11.6 Å². The molecule has 6 heteroatoms. The third-order valence-electron chi connectivity index (χ3n) is 6.28. The van der Waals surface area contributed by atoms with Crippen molar-refractivity contribution in [2.75, 3.05) is 4.90 Å². The van der Waals surface area contributed by atoms with E-state index < -0.39 is 5.60 Å². The molecule has 0 radical (unpaired) electrons.